The van der Waals surface area contributed by atoms with Gasteiger partial charge in [-0.3, -0.25) is 0 Å². The van der Waals surface area contributed by atoms with Gasteiger partial charge in [0.05, 0.1) is 0 Å². The molecule has 0 spiro atoms. The molecule has 0 amide bonds. The van der Waals surface area contributed by atoms with Crippen molar-refractivity contribution in [2.75, 3.05) is 23.5 Å². The molecule has 1 aromatic heterocycles. The highest BCUT2D eigenvalue weighted by molar-refractivity contribution is 8.00. The summed E-state index contributed by atoms with van der Waals surface area (Å²) in [5.41, 5.74) is 0. The third-order valence-electron chi connectivity index (χ3n) is 2.69. The lowest BCUT2D eigenvalue weighted by Crippen LogP contribution is -2.27. The molecule has 90 valence electrons. The molecular formula is C10H16ClN3OS. The van der Waals surface area contributed by atoms with Crippen molar-refractivity contribution < 1.29 is 4.42 Å². The molecule has 1 N–H and O–H groups in total. The van der Waals surface area contributed by atoms with Crippen LogP contribution in [-0.4, -0.2) is 33.1 Å². The monoisotopic (exact) mass is 261 g/mol. The summed E-state index contributed by atoms with van der Waals surface area (Å²) in [4.78, 5) is 0. The Morgan fingerprint density at radius 2 is 2.44 bits per heavy atom. The number of nitrogens with zero attached hydrogens (tertiary/aromatic N) is 2. The van der Waals surface area contributed by atoms with Gasteiger partial charge < -0.3 is 9.73 Å². The van der Waals surface area contributed by atoms with Crippen LogP contribution in [0.2, 0.25) is 0 Å². The summed E-state index contributed by atoms with van der Waals surface area (Å²) in [7, 11) is 0. The maximum absolute atomic E-state index is 5.60. The first kappa shape index (κ1) is 12.0. The van der Waals surface area contributed by atoms with Gasteiger partial charge in [-0.2, -0.15) is 11.8 Å². The van der Waals surface area contributed by atoms with E-state index in [9.17, 15) is 0 Å². The van der Waals surface area contributed by atoms with E-state index in [0.717, 1.165) is 6.54 Å². The highest BCUT2D eigenvalue weighted by Crippen LogP contribution is 2.37. The van der Waals surface area contributed by atoms with Gasteiger partial charge in [-0.15, -0.1) is 16.7 Å². The smallest absolute Gasteiger partial charge is 0.315 e. The molecule has 1 unspecified atom stereocenters. The van der Waals surface area contributed by atoms with Crippen LogP contribution in [0.4, 0.5) is 6.01 Å². The molecule has 1 saturated heterocycles. The molecule has 0 saturated carbocycles. The summed E-state index contributed by atoms with van der Waals surface area (Å²) in [5.74, 6) is 2.36. The van der Waals surface area contributed by atoms with Crippen molar-refractivity contribution in [1.29, 1.82) is 0 Å². The van der Waals surface area contributed by atoms with Crippen molar-refractivity contribution in [1.82, 2.24) is 10.2 Å². The molecule has 1 fully saturated rings. The van der Waals surface area contributed by atoms with Crippen molar-refractivity contribution in [2.45, 2.75) is 30.9 Å². The number of halogens is 1. The van der Waals surface area contributed by atoms with Crippen LogP contribution in [-0.2, 0) is 6.42 Å². The second-order valence-corrected chi connectivity index (χ2v) is 6.26. The first-order chi connectivity index (χ1) is 7.72. The average molecular weight is 262 g/mol. The Morgan fingerprint density at radius 1 is 1.56 bits per heavy atom. The van der Waals surface area contributed by atoms with E-state index in [2.05, 4.69) is 22.4 Å². The van der Waals surface area contributed by atoms with Gasteiger partial charge in [0.25, 0.3) is 0 Å². The van der Waals surface area contributed by atoms with Crippen LogP contribution in [0, 0.1) is 0 Å². The Kier molecular flexibility index (Phi) is 3.97. The highest BCUT2D eigenvalue weighted by atomic mass is 35.5. The standard InChI is InChI=1S/C10H16ClN3OS/c1-10(4-2-6-16-10)7-12-9-14-13-8(15-9)3-5-11/h2-7H2,1H3,(H,12,14). The summed E-state index contributed by atoms with van der Waals surface area (Å²) in [6.07, 6.45) is 3.17. The minimum atomic E-state index is 0.307. The van der Waals surface area contributed by atoms with Gasteiger partial charge in [0.15, 0.2) is 0 Å². The Bertz CT molecular complexity index is 339. The van der Waals surface area contributed by atoms with E-state index in [-0.39, 0.29) is 0 Å². The van der Waals surface area contributed by atoms with Crippen molar-refractivity contribution in [2.24, 2.45) is 0 Å². The molecule has 1 aromatic rings. The van der Waals surface area contributed by atoms with Crippen LogP contribution in [0.15, 0.2) is 4.42 Å². The van der Waals surface area contributed by atoms with Crippen molar-refractivity contribution >= 4 is 29.4 Å². The number of thioether (sulfide) groups is 1. The molecule has 1 atom stereocenters. The molecule has 0 bridgehead atoms. The first-order valence-electron chi connectivity index (χ1n) is 5.48. The predicted octanol–water partition coefficient (Wildman–Crippen LogP) is 2.55. The van der Waals surface area contributed by atoms with Gasteiger partial charge in [-0.1, -0.05) is 5.10 Å². The lowest BCUT2D eigenvalue weighted by molar-refractivity contribution is 0.507. The first-order valence-corrected chi connectivity index (χ1v) is 7.00. The number of nitrogens with one attached hydrogen (secondary N) is 1. The van der Waals surface area contributed by atoms with E-state index in [1.807, 2.05) is 11.8 Å². The Hall–Kier alpha value is -0.420. The van der Waals surface area contributed by atoms with E-state index in [1.165, 1.54) is 18.6 Å². The second kappa shape index (κ2) is 5.27. The normalized spacial score (nSPS) is 24.9. The summed E-state index contributed by atoms with van der Waals surface area (Å²) >= 11 is 7.60. The molecule has 1 aliphatic heterocycles. The predicted molar refractivity (Wildman–Crippen MR) is 67.3 cm³/mol. The minimum absolute atomic E-state index is 0.307. The number of alkyl halides is 1. The maximum Gasteiger partial charge on any atom is 0.315 e. The Morgan fingerprint density at radius 3 is 3.12 bits per heavy atom. The zero-order valence-electron chi connectivity index (χ0n) is 9.33. The van der Waals surface area contributed by atoms with Gasteiger partial charge in [-0.25, -0.2) is 0 Å². The van der Waals surface area contributed by atoms with Crippen molar-refractivity contribution in [3.8, 4) is 0 Å². The van der Waals surface area contributed by atoms with Gasteiger partial charge >= 0.3 is 6.01 Å². The fourth-order valence-electron chi connectivity index (χ4n) is 1.75. The fraction of sp³-hybridized carbons (Fsp3) is 0.800. The Balaban J connectivity index is 1.84. The summed E-state index contributed by atoms with van der Waals surface area (Å²) in [6, 6.07) is 0.508. The van der Waals surface area contributed by atoms with Crippen LogP contribution in [0.25, 0.3) is 0 Å². The SMILES string of the molecule is CC1(CNc2nnc(CCCl)o2)CCCS1. The van der Waals surface area contributed by atoms with E-state index in [1.54, 1.807) is 0 Å². The minimum Gasteiger partial charge on any atom is -0.408 e. The van der Waals surface area contributed by atoms with Crippen LogP contribution in [0.5, 0.6) is 0 Å². The number of hydrogen-bond donors (Lipinski definition) is 1. The molecule has 1 aliphatic rings. The van der Waals surface area contributed by atoms with Crippen LogP contribution in [0.1, 0.15) is 25.7 Å². The second-order valence-electron chi connectivity index (χ2n) is 4.20. The molecule has 2 heterocycles. The number of hydrogen-bond acceptors (Lipinski definition) is 5. The average Bonchev–Trinajstić information content (AvgIpc) is 2.86. The fourth-order valence-corrected chi connectivity index (χ4v) is 3.15. The summed E-state index contributed by atoms with van der Waals surface area (Å²) in [6.45, 7) is 3.15. The molecular weight excluding hydrogens is 246 g/mol. The third-order valence-corrected chi connectivity index (χ3v) is 4.42. The molecule has 0 aliphatic carbocycles. The van der Waals surface area contributed by atoms with Crippen molar-refractivity contribution in [3.05, 3.63) is 5.89 Å². The van der Waals surface area contributed by atoms with Crippen LogP contribution < -0.4 is 5.32 Å². The number of aromatic nitrogens is 2. The summed E-state index contributed by atoms with van der Waals surface area (Å²) in [5, 5.41) is 11.0. The van der Waals surface area contributed by atoms with E-state index in [4.69, 9.17) is 16.0 Å². The third kappa shape index (κ3) is 3.04. The molecule has 16 heavy (non-hydrogen) atoms. The zero-order valence-corrected chi connectivity index (χ0v) is 10.9. The van der Waals surface area contributed by atoms with E-state index < -0.39 is 0 Å². The molecule has 2 rings (SSSR count). The van der Waals surface area contributed by atoms with E-state index in [0.29, 0.717) is 29.0 Å². The van der Waals surface area contributed by atoms with Gasteiger partial charge in [0.1, 0.15) is 0 Å². The molecule has 6 heteroatoms. The number of aryl methyl sites for hydroxylation is 1. The highest BCUT2D eigenvalue weighted by Gasteiger charge is 2.29. The number of anilines is 1. The van der Waals surface area contributed by atoms with Crippen LogP contribution >= 0.6 is 23.4 Å². The number of rotatable bonds is 5. The van der Waals surface area contributed by atoms with Gasteiger partial charge in [0.2, 0.25) is 5.89 Å². The largest absolute Gasteiger partial charge is 0.408 e. The quantitative estimate of drug-likeness (QED) is 0.826. The zero-order chi connectivity index (χ0) is 11.4. The van der Waals surface area contributed by atoms with Crippen molar-refractivity contribution in [3.63, 3.8) is 0 Å². The topological polar surface area (TPSA) is 51.0 Å². The molecule has 0 aromatic carbocycles. The Labute approximate surface area is 105 Å². The van der Waals surface area contributed by atoms with Crippen LogP contribution in [0.3, 0.4) is 0 Å². The van der Waals surface area contributed by atoms with E-state index >= 15 is 0 Å². The molecule has 0 radical (unpaired) electrons. The maximum atomic E-state index is 5.60. The molecule has 4 nitrogen and oxygen atoms in total. The van der Waals surface area contributed by atoms with Gasteiger partial charge in [0, 0.05) is 23.6 Å². The lowest BCUT2D eigenvalue weighted by Gasteiger charge is -2.21. The summed E-state index contributed by atoms with van der Waals surface area (Å²) < 4.78 is 5.71. The van der Waals surface area contributed by atoms with Gasteiger partial charge in [-0.05, 0) is 25.5 Å². The lowest BCUT2D eigenvalue weighted by atomic mass is 10.1.